The molecular formula is C17H25N3O. The first kappa shape index (κ1) is 14.5. The van der Waals surface area contributed by atoms with Gasteiger partial charge in [-0.2, -0.15) is 0 Å². The lowest BCUT2D eigenvalue weighted by atomic mass is 9.91. The summed E-state index contributed by atoms with van der Waals surface area (Å²) >= 11 is 0. The molecule has 1 fully saturated rings. The second-order valence-corrected chi connectivity index (χ2v) is 6.34. The second-order valence-electron chi connectivity index (χ2n) is 6.34. The van der Waals surface area contributed by atoms with Gasteiger partial charge in [-0.1, -0.05) is 17.3 Å². The van der Waals surface area contributed by atoms with Crippen molar-refractivity contribution in [3.05, 3.63) is 30.0 Å². The van der Waals surface area contributed by atoms with E-state index in [0.29, 0.717) is 5.92 Å². The molecule has 0 N–H and O–H groups in total. The highest BCUT2D eigenvalue weighted by Crippen LogP contribution is 2.32. The molecule has 0 atom stereocenters. The number of aromatic nitrogens is 1. The number of hydrogen-bond acceptors (Lipinski definition) is 4. The minimum absolute atomic E-state index is 0.554. The normalized spacial score (nSPS) is 17.9. The van der Waals surface area contributed by atoms with Crippen molar-refractivity contribution < 1.29 is 4.52 Å². The fraction of sp³-hybridized carbons (Fsp3) is 0.588. The number of likely N-dealkylation sites (tertiary alicyclic amines) is 1. The van der Waals surface area contributed by atoms with Gasteiger partial charge in [-0.3, -0.25) is 0 Å². The minimum atomic E-state index is 0.554. The monoisotopic (exact) mass is 287 g/mol. The van der Waals surface area contributed by atoms with E-state index in [9.17, 15) is 0 Å². The molecule has 0 unspecified atom stereocenters. The molecule has 114 valence electrons. The van der Waals surface area contributed by atoms with Crippen LogP contribution in [0.5, 0.6) is 0 Å². The summed E-state index contributed by atoms with van der Waals surface area (Å²) in [6, 6.07) is 8.21. The third kappa shape index (κ3) is 3.44. The van der Waals surface area contributed by atoms with E-state index < -0.39 is 0 Å². The van der Waals surface area contributed by atoms with E-state index in [1.807, 2.05) is 12.1 Å². The molecule has 1 aliphatic heterocycles. The van der Waals surface area contributed by atoms with Gasteiger partial charge in [-0.25, -0.2) is 0 Å². The Morgan fingerprint density at radius 3 is 2.76 bits per heavy atom. The van der Waals surface area contributed by atoms with Gasteiger partial charge in [0, 0.05) is 11.3 Å². The van der Waals surface area contributed by atoms with E-state index in [4.69, 9.17) is 4.52 Å². The molecule has 3 rings (SSSR count). The standard InChI is InChI=1S/C17H25N3O/c1-19(2)10-5-11-20-12-8-14(9-13-20)17-15-6-3-4-7-16(15)21-18-17/h3-4,6-7,14H,5,8-13H2,1-2H3. The van der Waals surface area contributed by atoms with Crippen molar-refractivity contribution in [1.82, 2.24) is 15.0 Å². The van der Waals surface area contributed by atoms with E-state index in [1.165, 1.54) is 56.5 Å². The summed E-state index contributed by atoms with van der Waals surface area (Å²) in [6.07, 6.45) is 3.64. The molecule has 1 aromatic heterocycles. The summed E-state index contributed by atoms with van der Waals surface area (Å²) in [5.74, 6) is 0.554. The molecule has 0 saturated carbocycles. The Hall–Kier alpha value is -1.39. The summed E-state index contributed by atoms with van der Waals surface area (Å²) in [4.78, 5) is 4.84. The number of para-hydroxylation sites is 1. The summed E-state index contributed by atoms with van der Waals surface area (Å²) in [5.41, 5.74) is 2.08. The smallest absolute Gasteiger partial charge is 0.167 e. The first-order valence-corrected chi connectivity index (χ1v) is 7.95. The zero-order valence-corrected chi connectivity index (χ0v) is 13.1. The maximum atomic E-state index is 5.45. The Kier molecular flexibility index (Phi) is 4.56. The van der Waals surface area contributed by atoms with Crippen LogP contribution in [0.2, 0.25) is 0 Å². The van der Waals surface area contributed by atoms with Gasteiger partial charge in [-0.05, 0) is 71.7 Å². The molecule has 0 bridgehead atoms. The Morgan fingerprint density at radius 1 is 1.24 bits per heavy atom. The van der Waals surface area contributed by atoms with Gasteiger partial charge in [0.1, 0.15) is 0 Å². The molecule has 21 heavy (non-hydrogen) atoms. The lowest BCUT2D eigenvalue weighted by molar-refractivity contribution is 0.200. The molecule has 2 heterocycles. The zero-order valence-electron chi connectivity index (χ0n) is 13.1. The average molecular weight is 287 g/mol. The lowest BCUT2D eigenvalue weighted by Crippen LogP contribution is -2.34. The molecule has 2 aromatic rings. The molecule has 0 spiro atoms. The summed E-state index contributed by atoms with van der Waals surface area (Å²) in [7, 11) is 4.28. The molecule has 4 heteroatoms. The van der Waals surface area contributed by atoms with Crippen molar-refractivity contribution >= 4 is 11.0 Å². The number of piperidine rings is 1. The summed E-state index contributed by atoms with van der Waals surface area (Å²) < 4.78 is 5.45. The summed E-state index contributed by atoms with van der Waals surface area (Å²) in [5, 5.41) is 5.53. The van der Waals surface area contributed by atoms with Crippen LogP contribution in [0, 0.1) is 0 Å². The Labute approximate surface area is 126 Å². The highest BCUT2D eigenvalue weighted by molar-refractivity contribution is 5.79. The molecular weight excluding hydrogens is 262 g/mol. The predicted octanol–water partition coefficient (Wildman–Crippen LogP) is 2.96. The summed E-state index contributed by atoms with van der Waals surface area (Å²) in [6.45, 7) is 4.75. The Balaban J connectivity index is 1.56. The number of benzene rings is 1. The van der Waals surface area contributed by atoms with Crippen molar-refractivity contribution in [2.75, 3.05) is 40.3 Å². The topological polar surface area (TPSA) is 32.5 Å². The highest BCUT2D eigenvalue weighted by atomic mass is 16.5. The largest absolute Gasteiger partial charge is 0.356 e. The third-order valence-electron chi connectivity index (χ3n) is 4.46. The van der Waals surface area contributed by atoms with Crippen LogP contribution in [0.25, 0.3) is 11.0 Å². The van der Waals surface area contributed by atoms with Crippen molar-refractivity contribution in [1.29, 1.82) is 0 Å². The van der Waals surface area contributed by atoms with Crippen LogP contribution < -0.4 is 0 Å². The fourth-order valence-electron chi connectivity index (χ4n) is 3.24. The van der Waals surface area contributed by atoms with Crippen molar-refractivity contribution in [2.45, 2.75) is 25.2 Å². The second kappa shape index (κ2) is 6.58. The molecule has 0 radical (unpaired) electrons. The predicted molar refractivity (Wildman–Crippen MR) is 85.6 cm³/mol. The third-order valence-corrected chi connectivity index (χ3v) is 4.46. The van der Waals surface area contributed by atoms with Gasteiger partial charge in [0.05, 0.1) is 5.69 Å². The zero-order chi connectivity index (χ0) is 14.7. The van der Waals surface area contributed by atoms with E-state index in [0.717, 1.165) is 5.58 Å². The van der Waals surface area contributed by atoms with Crippen LogP contribution in [0.3, 0.4) is 0 Å². The van der Waals surface area contributed by atoms with Crippen molar-refractivity contribution in [3.8, 4) is 0 Å². The number of rotatable bonds is 5. The quantitative estimate of drug-likeness (QED) is 0.846. The van der Waals surface area contributed by atoms with Crippen molar-refractivity contribution in [2.24, 2.45) is 0 Å². The molecule has 1 aromatic carbocycles. The van der Waals surface area contributed by atoms with Crippen LogP contribution in [0.1, 0.15) is 30.9 Å². The number of fused-ring (bicyclic) bond motifs is 1. The van der Waals surface area contributed by atoms with Crippen LogP contribution in [0.15, 0.2) is 28.8 Å². The van der Waals surface area contributed by atoms with E-state index in [2.05, 4.69) is 41.2 Å². The first-order valence-electron chi connectivity index (χ1n) is 7.95. The maximum absolute atomic E-state index is 5.45. The van der Waals surface area contributed by atoms with Gasteiger partial charge in [0.2, 0.25) is 0 Å². The molecule has 1 saturated heterocycles. The van der Waals surface area contributed by atoms with Crippen LogP contribution >= 0.6 is 0 Å². The average Bonchev–Trinajstić information content (AvgIpc) is 2.92. The molecule has 4 nitrogen and oxygen atoms in total. The van der Waals surface area contributed by atoms with Crippen molar-refractivity contribution in [3.63, 3.8) is 0 Å². The van der Waals surface area contributed by atoms with Crippen LogP contribution in [-0.4, -0.2) is 55.2 Å². The van der Waals surface area contributed by atoms with E-state index in [1.54, 1.807) is 0 Å². The van der Waals surface area contributed by atoms with Gasteiger partial charge in [-0.15, -0.1) is 0 Å². The van der Waals surface area contributed by atoms with Gasteiger partial charge >= 0.3 is 0 Å². The molecule has 1 aliphatic rings. The highest BCUT2D eigenvalue weighted by Gasteiger charge is 2.24. The Bertz CT molecular complexity index is 570. The number of hydrogen-bond donors (Lipinski definition) is 0. The van der Waals surface area contributed by atoms with Gasteiger partial charge in [0.15, 0.2) is 5.58 Å². The van der Waals surface area contributed by atoms with Gasteiger partial charge in [0.25, 0.3) is 0 Å². The lowest BCUT2D eigenvalue weighted by Gasteiger charge is -2.31. The molecule has 0 amide bonds. The van der Waals surface area contributed by atoms with E-state index in [-0.39, 0.29) is 0 Å². The minimum Gasteiger partial charge on any atom is -0.356 e. The fourth-order valence-corrected chi connectivity index (χ4v) is 3.24. The van der Waals surface area contributed by atoms with Crippen LogP contribution in [-0.2, 0) is 0 Å². The maximum Gasteiger partial charge on any atom is 0.167 e. The number of nitrogens with zero attached hydrogens (tertiary/aromatic N) is 3. The van der Waals surface area contributed by atoms with E-state index >= 15 is 0 Å². The molecule has 0 aliphatic carbocycles. The van der Waals surface area contributed by atoms with Gasteiger partial charge < -0.3 is 14.3 Å². The van der Waals surface area contributed by atoms with Crippen LogP contribution in [0.4, 0.5) is 0 Å². The Morgan fingerprint density at radius 2 is 2.00 bits per heavy atom. The first-order chi connectivity index (χ1) is 10.2. The SMILES string of the molecule is CN(C)CCCN1CCC(c2noc3ccccc23)CC1.